The zero-order chi connectivity index (χ0) is 13.1. The van der Waals surface area contributed by atoms with Crippen LogP contribution in [0.2, 0.25) is 0 Å². The summed E-state index contributed by atoms with van der Waals surface area (Å²) in [4.78, 5) is 0. The highest BCUT2D eigenvalue weighted by molar-refractivity contribution is 5.32. The maximum absolute atomic E-state index is 10.5. The molecule has 0 aliphatic rings. The van der Waals surface area contributed by atoms with Crippen molar-refractivity contribution >= 4 is 0 Å². The van der Waals surface area contributed by atoms with E-state index in [4.69, 9.17) is 4.74 Å². The Labute approximate surface area is 106 Å². The van der Waals surface area contributed by atoms with E-state index in [-0.39, 0.29) is 0 Å². The summed E-state index contributed by atoms with van der Waals surface area (Å²) in [6, 6.07) is 1.81. The highest BCUT2D eigenvalue weighted by atomic mass is 16.5. The Bertz CT molecular complexity index is 518. The van der Waals surface area contributed by atoms with Crippen molar-refractivity contribution in [2.75, 3.05) is 7.11 Å². The van der Waals surface area contributed by atoms with Gasteiger partial charge in [-0.3, -0.25) is 9.36 Å². The Morgan fingerprint density at radius 3 is 2.89 bits per heavy atom. The molecule has 2 aromatic rings. The van der Waals surface area contributed by atoms with Crippen LogP contribution in [0.3, 0.4) is 0 Å². The molecular formula is C12H18N4O2. The molecule has 6 nitrogen and oxygen atoms in total. The van der Waals surface area contributed by atoms with E-state index in [2.05, 4.69) is 17.1 Å². The Kier molecular flexibility index (Phi) is 3.66. The van der Waals surface area contributed by atoms with Crippen LogP contribution in [0, 0.1) is 0 Å². The van der Waals surface area contributed by atoms with Crippen LogP contribution in [0.25, 0.3) is 0 Å². The average Bonchev–Trinajstić information content (AvgIpc) is 2.95. The van der Waals surface area contributed by atoms with E-state index in [0.29, 0.717) is 11.4 Å². The predicted octanol–water partition coefficient (Wildman–Crippen LogP) is 1.12. The monoisotopic (exact) mass is 250 g/mol. The molecule has 0 amide bonds. The molecule has 6 heteroatoms. The summed E-state index contributed by atoms with van der Waals surface area (Å²) in [6.07, 6.45) is 3.46. The van der Waals surface area contributed by atoms with E-state index < -0.39 is 6.10 Å². The van der Waals surface area contributed by atoms with E-state index in [0.717, 1.165) is 18.7 Å². The van der Waals surface area contributed by atoms with Gasteiger partial charge in [0.1, 0.15) is 11.8 Å². The average molecular weight is 250 g/mol. The molecule has 1 N–H and O–H groups in total. The van der Waals surface area contributed by atoms with Crippen molar-refractivity contribution in [1.82, 2.24) is 19.6 Å². The largest absolute Gasteiger partial charge is 0.493 e. The van der Waals surface area contributed by atoms with Gasteiger partial charge in [0.2, 0.25) is 0 Å². The van der Waals surface area contributed by atoms with Gasteiger partial charge in [-0.15, -0.1) is 0 Å². The molecule has 0 saturated carbocycles. The fourth-order valence-electron chi connectivity index (χ4n) is 2.01. The Balaban J connectivity index is 2.38. The first-order valence-corrected chi connectivity index (χ1v) is 5.94. The number of aryl methyl sites for hydroxylation is 2. The number of nitrogens with zero attached hydrogens (tertiary/aromatic N) is 4. The van der Waals surface area contributed by atoms with E-state index in [1.165, 1.54) is 0 Å². The number of hydrogen-bond acceptors (Lipinski definition) is 4. The lowest BCUT2D eigenvalue weighted by atomic mass is 10.1. The maximum atomic E-state index is 10.5. The number of rotatable bonds is 5. The number of aliphatic hydroxyl groups is 1. The summed E-state index contributed by atoms with van der Waals surface area (Å²) >= 11 is 0. The van der Waals surface area contributed by atoms with Crippen LogP contribution in [0.5, 0.6) is 5.75 Å². The van der Waals surface area contributed by atoms with Crippen molar-refractivity contribution < 1.29 is 9.84 Å². The van der Waals surface area contributed by atoms with Crippen molar-refractivity contribution in [1.29, 1.82) is 0 Å². The van der Waals surface area contributed by atoms with Gasteiger partial charge in [-0.2, -0.15) is 10.2 Å². The Hall–Kier alpha value is -1.82. The third-order valence-electron chi connectivity index (χ3n) is 2.89. The lowest BCUT2D eigenvalue weighted by Gasteiger charge is -2.14. The molecule has 2 rings (SSSR count). The number of hydrogen-bond donors (Lipinski definition) is 1. The van der Waals surface area contributed by atoms with Crippen LogP contribution < -0.4 is 4.74 Å². The summed E-state index contributed by atoms with van der Waals surface area (Å²) < 4.78 is 8.63. The molecule has 0 fully saturated rings. The second-order valence-electron chi connectivity index (χ2n) is 4.10. The lowest BCUT2D eigenvalue weighted by molar-refractivity contribution is 0.192. The fourth-order valence-corrected chi connectivity index (χ4v) is 2.01. The van der Waals surface area contributed by atoms with Crippen LogP contribution >= 0.6 is 0 Å². The molecular weight excluding hydrogens is 232 g/mol. The quantitative estimate of drug-likeness (QED) is 0.863. The molecule has 1 atom stereocenters. The van der Waals surface area contributed by atoms with Crippen molar-refractivity contribution in [2.45, 2.75) is 26.0 Å². The third kappa shape index (κ3) is 2.11. The summed E-state index contributed by atoms with van der Waals surface area (Å²) in [5.41, 5.74) is 1.38. The highest BCUT2D eigenvalue weighted by Crippen LogP contribution is 2.29. The van der Waals surface area contributed by atoms with Gasteiger partial charge in [-0.1, -0.05) is 6.92 Å². The van der Waals surface area contributed by atoms with Crippen LogP contribution in [-0.2, 0) is 13.6 Å². The molecule has 1 unspecified atom stereocenters. The zero-order valence-electron chi connectivity index (χ0n) is 10.9. The van der Waals surface area contributed by atoms with E-state index in [9.17, 15) is 5.11 Å². The first-order chi connectivity index (χ1) is 8.69. The topological polar surface area (TPSA) is 65.1 Å². The maximum Gasteiger partial charge on any atom is 0.163 e. The molecule has 2 heterocycles. The molecule has 0 bridgehead atoms. The summed E-state index contributed by atoms with van der Waals surface area (Å²) in [5.74, 6) is 0.578. The first kappa shape index (κ1) is 12.6. The Morgan fingerprint density at radius 1 is 1.44 bits per heavy atom. The van der Waals surface area contributed by atoms with Gasteiger partial charge in [-0.05, 0) is 12.5 Å². The predicted molar refractivity (Wildman–Crippen MR) is 66.3 cm³/mol. The smallest absolute Gasteiger partial charge is 0.163 e. The zero-order valence-corrected chi connectivity index (χ0v) is 10.9. The van der Waals surface area contributed by atoms with Crippen LogP contribution in [0.15, 0.2) is 18.5 Å². The number of methoxy groups -OCH3 is 1. The van der Waals surface area contributed by atoms with Crippen molar-refractivity contribution in [3.63, 3.8) is 0 Å². The number of aliphatic hydroxyl groups excluding tert-OH is 1. The van der Waals surface area contributed by atoms with Crippen molar-refractivity contribution in [2.24, 2.45) is 7.05 Å². The van der Waals surface area contributed by atoms with Crippen LogP contribution in [0.4, 0.5) is 0 Å². The minimum absolute atomic E-state index is 0.578. The summed E-state index contributed by atoms with van der Waals surface area (Å²) in [6.45, 7) is 2.85. The highest BCUT2D eigenvalue weighted by Gasteiger charge is 2.22. The third-order valence-corrected chi connectivity index (χ3v) is 2.89. The molecule has 2 aromatic heterocycles. The first-order valence-electron chi connectivity index (χ1n) is 5.94. The fraction of sp³-hybridized carbons (Fsp3) is 0.500. The second kappa shape index (κ2) is 5.22. The van der Waals surface area contributed by atoms with Crippen molar-refractivity contribution in [3.8, 4) is 5.75 Å². The van der Waals surface area contributed by atoms with E-state index >= 15 is 0 Å². The minimum Gasteiger partial charge on any atom is -0.493 e. The van der Waals surface area contributed by atoms with Crippen LogP contribution in [-0.4, -0.2) is 31.8 Å². The van der Waals surface area contributed by atoms with Gasteiger partial charge in [0.15, 0.2) is 5.75 Å². The molecule has 18 heavy (non-hydrogen) atoms. The molecule has 0 saturated heterocycles. The van der Waals surface area contributed by atoms with Gasteiger partial charge >= 0.3 is 0 Å². The second-order valence-corrected chi connectivity index (χ2v) is 4.10. The standard InChI is InChI=1S/C12H18N4O2/c1-4-7-16-9(5-6-13-16)12(17)11-10(18-3)8-14-15(11)2/h5-6,8,12,17H,4,7H2,1-3H3. The van der Waals surface area contributed by atoms with Crippen molar-refractivity contribution in [3.05, 3.63) is 29.8 Å². The van der Waals surface area contributed by atoms with Gasteiger partial charge in [-0.25, -0.2) is 0 Å². The van der Waals surface area contributed by atoms with Gasteiger partial charge in [0, 0.05) is 19.8 Å². The minimum atomic E-state index is -0.790. The lowest BCUT2D eigenvalue weighted by Crippen LogP contribution is -2.13. The molecule has 0 aliphatic carbocycles. The molecule has 0 spiro atoms. The SMILES string of the molecule is CCCn1nccc1C(O)c1c(OC)cnn1C. The molecule has 0 aliphatic heterocycles. The molecule has 0 radical (unpaired) electrons. The Morgan fingerprint density at radius 2 is 2.22 bits per heavy atom. The van der Waals surface area contributed by atoms with Gasteiger partial charge in [0.05, 0.1) is 19.0 Å². The number of ether oxygens (including phenoxy) is 1. The van der Waals surface area contributed by atoms with Gasteiger partial charge in [0.25, 0.3) is 0 Å². The molecule has 0 aromatic carbocycles. The van der Waals surface area contributed by atoms with Crippen LogP contribution in [0.1, 0.15) is 30.8 Å². The van der Waals surface area contributed by atoms with Gasteiger partial charge < -0.3 is 9.84 Å². The normalized spacial score (nSPS) is 12.7. The summed E-state index contributed by atoms with van der Waals surface area (Å²) in [5, 5.41) is 18.8. The summed E-state index contributed by atoms with van der Waals surface area (Å²) in [7, 11) is 3.35. The van der Waals surface area contributed by atoms with E-state index in [1.807, 2.05) is 6.07 Å². The number of aromatic nitrogens is 4. The molecule has 98 valence electrons. The van der Waals surface area contributed by atoms with E-state index in [1.54, 1.807) is 35.9 Å².